The van der Waals surface area contributed by atoms with Crippen LogP contribution >= 0.6 is 0 Å². The average molecular weight is 266 g/mol. The maximum Gasteiger partial charge on any atom is 0.322 e. The first-order valence-corrected chi connectivity index (χ1v) is 6.24. The summed E-state index contributed by atoms with van der Waals surface area (Å²) in [6, 6.07) is 5.00. The van der Waals surface area contributed by atoms with Crippen molar-refractivity contribution in [2.24, 2.45) is 5.73 Å². The average Bonchev–Trinajstić information content (AvgIpc) is 2.37. The molecule has 0 amide bonds. The van der Waals surface area contributed by atoms with Crippen LogP contribution in [0.25, 0.3) is 0 Å². The van der Waals surface area contributed by atoms with Gasteiger partial charge in [0.05, 0.1) is 12.8 Å². The highest BCUT2D eigenvalue weighted by Gasteiger charge is 2.17. The molecule has 1 rings (SSSR count). The second-order valence-electron chi connectivity index (χ2n) is 4.91. The molecule has 5 nitrogen and oxygen atoms in total. The minimum Gasteiger partial charge on any atom is -0.495 e. The third-order valence-electron chi connectivity index (χ3n) is 3.07. The normalized spacial score (nSPS) is 12.3. The van der Waals surface area contributed by atoms with Gasteiger partial charge in [-0.25, -0.2) is 0 Å². The van der Waals surface area contributed by atoms with Gasteiger partial charge in [0.2, 0.25) is 0 Å². The SMILES string of the molecule is COc1ccc(C(C)C)cc1N(C)CC(N)C(=O)O. The predicted molar refractivity (Wildman–Crippen MR) is 76.0 cm³/mol. The lowest BCUT2D eigenvalue weighted by molar-refractivity contribution is -0.138. The fourth-order valence-electron chi connectivity index (χ4n) is 1.84. The summed E-state index contributed by atoms with van der Waals surface area (Å²) in [5, 5.41) is 8.86. The Morgan fingerprint density at radius 1 is 1.47 bits per heavy atom. The number of ether oxygens (including phenoxy) is 1. The Kier molecular flexibility index (Phi) is 5.18. The van der Waals surface area contributed by atoms with Crippen LogP contribution in [-0.2, 0) is 4.79 Å². The summed E-state index contributed by atoms with van der Waals surface area (Å²) in [5.74, 6) is 0.0986. The molecule has 0 saturated heterocycles. The fraction of sp³-hybridized carbons (Fsp3) is 0.500. The minimum atomic E-state index is -1.01. The van der Waals surface area contributed by atoms with E-state index in [9.17, 15) is 4.79 Å². The van der Waals surface area contributed by atoms with Crippen LogP contribution in [0, 0.1) is 0 Å². The summed E-state index contributed by atoms with van der Waals surface area (Å²) < 4.78 is 5.31. The molecule has 0 spiro atoms. The first kappa shape index (κ1) is 15.3. The number of nitrogens with two attached hydrogens (primary N) is 1. The molecule has 1 aromatic rings. The highest BCUT2D eigenvalue weighted by atomic mass is 16.5. The van der Waals surface area contributed by atoms with Crippen LogP contribution in [0.15, 0.2) is 18.2 Å². The smallest absolute Gasteiger partial charge is 0.322 e. The summed E-state index contributed by atoms with van der Waals surface area (Å²) in [7, 11) is 3.41. The van der Waals surface area contributed by atoms with Gasteiger partial charge in [-0.3, -0.25) is 4.79 Å². The van der Waals surface area contributed by atoms with Gasteiger partial charge in [-0.15, -0.1) is 0 Å². The standard InChI is InChI=1S/C14H22N2O3/c1-9(2)10-5-6-13(19-4)12(7-10)16(3)8-11(15)14(17)18/h5-7,9,11H,8,15H2,1-4H3,(H,17,18). The summed E-state index contributed by atoms with van der Waals surface area (Å²) in [4.78, 5) is 12.6. The second-order valence-corrected chi connectivity index (χ2v) is 4.91. The van der Waals surface area contributed by atoms with Crippen molar-refractivity contribution < 1.29 is 14.6 Å². The molecule has 19 heavy (non-hydrogen) atoms. The van der Waals surface area contributed by atoms with Gasteiger partial charge in [-0.1, -0.05) is 19.9 Å². The first-order chi connectivity index (χ1) is 8.86. The Bertz CT molecular complexity index is 446. The Morgan fingerprint density at radius 3 is 2.58 bits per heavy atom. The number of hydrogen-bond donors (Lipinski definition) is 2. The van der Waals surface area contributed by atoms with Gasteiger partial charge in [0.1, 0.15) is 11.8 Å². The van der Waals surface area contributed by atoms with Crippen molar-refractivity contribution in [3.8, 4) is 5.75 Å². The van der Waals surface area contributed by atoms with Crippen LogP contribution in [0.4, 0.5) is 5.69 Å². The first-order valence-electron chi connectivity index (χ1n) is 6.24. The van der Waals surface area contributed by atoms with Gasteiger partial charge in [-0.05, 0) is 23.6 Å². The monoisotopic (exact) mass is 266 g/mol. The lowest BCUT2D eigenvalue weighted by atomic mass is 10.0. The molecule has 0 fully saturated rings. The molecule has 1 atom stereocenters. The highest BCUT2D eigenvalue weighted by Crippen LogP contribution is 2.31. The summed E-state index contributed by atoms with van der Waals surface area (Å²) in [5.41, 5.74) is 7.59. The highest BCUT2D eigenvalue weighted by molar-refractivity contribution is 5.74. The van der Waals surface area contributed by atoms with E-state index in [1.165, 1.54) is 5.56 Å². The van der Waals surface area contributed by atoms with E-state index >= 15 is 0 Å². The van der Waals surface area contributed by atoms with Gasteiger partial charge in [0, 0.05) is 13.6 Å². The Labute approximate surface area is 114 Å². The largest absolute Gasteiger partial charge is 0.495 e. The Morgan fingerprint density at radius 2 is 2.11 bits per heavy atom. The summed E-state index contributed by atoms with van der Waals surface area (Å²) in [6.07, 6.45) is 0. The van der Waals surface area contributed by atoms with E-state index in [0.717, 1.165) is 5.69 Å². The third kappa shape index (κ3) is 3.86. The Hall–Kier alpha value is -1.75. The molecular formula is C14H22N2O3. The van der Waals surface area contributed by atoms with Crippen molar-refractivity contribution in [3.63, 3.8) is 0 Å². The molecule has 106 valence electrons. The maximum atomic E-state index is 10.8. The van der Waals surface area contributed by atoms with E-state index in [-0.39, 0.29) is 6.54 Å². The fourth-order valence-corrected chi connectivity index (χ4v) is 1.84. The van der Waals surface area contributed by atoms with Crippen LogP contribution in [0.2, 0.25) is 0 Å². The Balaban J connectivity index is 3.02. The van der Waals surface area contributed by atoms with Crippen LogP contribution in [0.1, 0.15) is 25.3 Å². The summed E-state index contributed by atoms with van der Waals surface area (Å²) >= 11 is 0. The molecule has 0 bridgehead atoms. The number of likely N-dealkylation sites (N-methyl/N-ethyl adjacent to an activating group) is 1. The number of carboxylic acid groups (broad SMARTS) is 1. The number of carbonyl (C=O) groups is 1. The zero-order valence-electron chi connectivity index (χ0n) is 11.9. The number of anilines is 1. The van der Waals surface area contributed by atoms with E-state index in [4.69, 9.17) is 15.6 Å². The van der Waals surface area contributed by atoms with Gasteiger partial charge in [0.25, 0.3) is 0 Å². The number of methoxy groups -OCH3 is 1. The van der Waals surface area contributed by atoms with E-state index < -0.39 is 12.0 Å². The number of rotatable bonds is 6. The molecule has 0 aliphatic heterocycles. The number of benzene rings is 1. The van der Waals surface area contributed by atoms with Gasteiger partial charge in [0.15, 0.2) is 0 Å². The molecule has 0 saturated carbocycles. The number of hydrogen-bond acceptors (Lipinski definition) is 4. The van der Waals surface area contributed by atoms with Crippen molar-refractivity contribution in [1.29, 1.82) is 0 Å². The predicted octanol–water partition coefficient (Wildman–Crippen LogP) is 1.67. The number of aliphatic carboxylic acids is 1. The van der Waals surface area contributed by atoms with Gasteiger partial charge in [-0.2, -0.15) is 0 Å². The molecule has 0 aromatic heterocycles. The third-order valence-corrected chi connectivity index (χ3v) is 3.07. The lowest BCUT2D eigenvalue weighted by Gasteiger charge is -2.24. The van der Waals surface area contributed by atoms with Crippen molar-refractivity contribution >= 4 is 11.7 Å². The van der Waals surface area contributed by atoms with E-state index in [0.29, 0.717) is 11.7 Å². The van der Waals surface area contributed by atoms with Gasteiger partial charge < -0.3 is 20.5 Å². The zero-order chi connectivity index (χ0) is 14.6. The molecule has 0 aliphatic carbocycles. The van der Waals surface area contributed by atoms with Crippen LogP contribution in [-0.4, -0.2) is 37.8 Å². The van der Waals surface area contributed by atoms with Crippen molar-refractivity contribution in [2.75, 3.05) is 25.6 Å². The summed E-state index contributed by atoms with van der Waals surface area (Å²) in [6.45, 7) is 4.44. The molecule has 3 N–H and O–H groups in total. The number of nitrogens with zero attached hydrogens (tertiary/aromatic N) is 1. The van der Waals surface area contributed by atoms with E-state index in [1.807, 2.05) is 30.1 Å². The maximum absolute atomic E-state index is 10.8. The van der Waals surface area contributed by atoms with E-state index in [1.54, 1.807) is 7.11 Å². The zero-order valence-corrected chi connectivity index (χ0v) is 11.9. The van der Waals surface area contributed by atoms with Gasteiger partial charge >= 0.3 is 5.97 Å². The van der Waals surface area contributed by atoms with Crippen molar-refractivity contribution in [1.82, 2.24) is 0 Å². The molecule has 5 heteroatoms. The second kappa shape index (κ2) is 6.43. The lowest BCUT2D eigenvalue weighted by Crippen LogP contribution is -2.41. The van der Waals surface area contributed by atoms with Crippen LogP contribution in [0.5, 0.6) is 5.75 Å². The van der Waals surface area contributed by atoms with Crippen molar-refractivity contribution in [3.05, 3.63) is 23.8 Å². The number of carboxylic acids is 1. The molecule has 0 radical (unpaired) electrons. The van der Waals surface area contributed by atoms with Crippen molar-refractivity contribution in [2.45, 2.75) is 25.8 Å². The molecule has 1 unspecified atom stereocenters. The van der Waals surface area contributed by atoms with E-state index in [2.05, 4.69) is 13.8 Å². The van der Waals surface area contributed by atoms with Crippen LogP contribution < -0.4 is 15.4 Å². The topological polar surface area (TPSA) is 75.8 Å². The molecule has 1 aromatic carbocycles. The molecule has 0 aliphatic rings. The molecule has 0 heterocycles. The minimum absolute atomic E-state index is 0.229. The molecular weight excluding hydrogens is 244 g/mol. The quantitative estimate of drug-likeness (QED) is 0.819. The van der Waals surface area contributed by atoms with Crippen LogP contribution in [0.3, 0.4) is 0 Å².